The zero-order valence-electron chi connectivity index (χ0n) is 14.2. The van der Waals surface area contributed by atoms with Gasteiger partial charge in [0.1, 0.15) is 11.3 Å². The molecule has 4 rings (SSSR count). The van der Waals surface area contributed by atoms with Gasteiger partial charge in [0, 0.05) is 36.0 Å². The summed E-state index contributed by atoms with van der Waals surface area (Å²) in [6.07, 6.45) is 3.30. The van der Waals surface area contributed by atoms with E-state index in [9.17, 15) is 0 Å². The molecule has 1 N–H and O–H groups in total. The first-order chi connectivity index (χ1) is 13.1. The maximum absolute atomic E-state index is 15.4. The van der Waals surface area contributed by atoms with Crippen molar-refractivity contribution in [1.82, 2.24) is 15.0 Å². The van der Waals surface area contributed by atoms with Gasteiger partial charge in [-0.25, -0.2) is 14.4 Å². The molecule has 0 radical (unpaired) electrons. The van der Waals surface area contributed by atoms with Crippen LogP contribution in [0.4, 0.5) is 10.2 Å². The van der Waals surface area contributed by atoms with E-state index in [1.807, 2.05) is 6.07 Å². The summed E-state index contributed by atoms with van der Waals surface area (Å²) >= 11 is 12.1. The lowest BCUT2D eigenvalue weighted by Gasteiger charge is -2.12. The third-order valence-electron chi connectivity index (χ3n) is 4.19. The molecule has 0 bridgehead atoms. The molecule has 0 aliphatic heterocycles. The van der Waals surface area contributed by atoms with Crippen LogP contribution in [0.1, 0.15) is 0 Å². The molecule has 0 unspecified atom stereocenters. The first-order valence-corrected chi connectivity index (χ1v) is 8.88. The smallest absolute Gasteiger partial charge is 0.163 e. The molecular formula is C20H13Cl2FN4. The van der Waals surface area contributed by atoms with Crippen LogP contribution in [-0.4, -0.2) is 22.0 Å². The van der Waals surface area contributed by atoms with Crippen LogP contribution in [0.25, 0.3) is 33.4 Å². The third kappa shape index (κ3) is 3.20. The van der Waals surface area contributed by atoms with Crippen molar-refractivity contribution in [2.75, 3.05) is 12.4 Å². The molecule has 4 aromatic rings. The molecule has 27 heavy (non-hydrogen) atoms. The molecule has 7 heteroatoms. The largest absolute Gasteiger partial charge is 0.373 e. The van der Waals surface area contributed by atoms with Gasteiger partial charge in [0.05, 0.1) is 10.0 Å². The van der Waals surface area contributed by atoms with E-state index in [4.69, 9.17) is 23.2 Å². The minimum atomic E-state index is -0.449. The normalized spacial score (nSPS) is 11.0. The zero-order valence-corrected chi connectivity index (χ0v) is 15.7. The Morgan fingerprint density at radius 3 is 2.52 bits per heavy atom. The van der Waals surface area contributed by atoms with E-state index < -0.39 is 5.82 Å². The van der Waals surface area contributed by atoms with Gasteiger partial charge in [-0.3, -0.25) is 4.98 Å². The number of nitrogens with zero attached hydrogens (tertiary/aromatic N) is 3. The number of benzene rings is 2. The number of fused-ring (bicyclic) bond motifs is 1. The Balaban J connectivity index is 1.97. The van der Waals surface area contributed by atoms with Gasteiger partial charge in [-0.2, -0.15) is 0 Å². The van der Waals surface area contributed by atoms with Crippen molar-refractivity contribution in [2.45, 2.75) is 0 Å². The fourth-order valence-corrected chi connectivity index (χ4v) is 3.16. The number of anilines is 1. The molecule has 2 aromatic carbocycles. The van der Waals surface area contributed by atoms with Crippen molar-refractivity contribution in [2.24, 2.45) is 0 Å². The minimum Gasteiger partial charge on any atom is -0.373 e. The summed E-state index contributed by atoms with van der Waals surface area (Å²) in [6.45, 7) is 0. The van der Waals surface area contributed by atoms with Crippen molar-refractivity contribution in [3.05, 3.63) is 70.7 Å². The van der Waals surface area contributed by atoms with Crippen molar-refractivity contribution >= 4 is 39.9 Å². The zero-order chi connectivity index (χ0) is 19.0. The third-order valence-corrected chi connectivity index (χ3v) is 4.93. The lowest BCUT2D eigenvalue weighted by molar-refractivity contribution is 0.640. The Hall–Kier alpha value is -2.76. The second kappa shape index (κ2) is 7.10. The summed E-state index contributed by atoms with van der Waals surface area (Å²) in [5.74, 6) is 0.485. The molecule has 0 spiro atoms. The first kappa shape index (κ1) is 17.6. The van der Waals surface area contributed by atoms with Crippen LogP contribution >= 0.6 is 23.2 Å². The topological polar surface area (TPSA) is 50.7 Å². The highest BCUT2D eigenvalue weighted by Crippen LogP contribution is 2.34. The lowest BCUT2D eigenvalue weighted by atomic mass is 10.0. The highest BCUT2D eigenvalue weighted by molar-refractivity contribution is 6.42. The van der Waals surface area contributed by atoms with Crippen molar-refractivity contribution < 1.29 is 4.39 Å². The van der Waals surface area contributed by atoms with E-state index in [1.54, 1.807) is 55.8 Å². The lowest BCUT2D eigenvalue weighted by Crippen LogP contribution is -2.01. The van der Waals surface area contributed by atoms with Gasteiger partial charge in [0.2, 0.25) is 0 Å². The van der Waals surface area contributed by atoms with Gasteiger partial charge in [0.15, 0.2) is 11.6 Å². The second-order valence-corrected chi connectivity index (χ2v) is 6.65. The van der Waals surface area contributed by atoms with Gasteiger partial charge in [-0.15, -0.1) is 0 Å². The monoisotopic (exact) mass is 398 g/mol. The fraction of sp³-hybridized carbons (Fsp3) is 0.0500. The van der Waals surface area contributed by atoms with Crippen LogP contribution < -0.4 is 5.32 Å². The first-order valence-electron chi connectivity index (χ1n) is 8.12. The van der Waals surface area contributed by atoms with Gasteiger partial charge in [-0.05, 0) is 35.9 Å². The molecule has 2 aromatic heterocycles. The SMILES string of the molecule is CNc1nc(-c2cccnc2)nc2c(F)c(-c3ccc(Cl)c(Cl)c3)ccc12. The van der Waals surface area contributed by atoms with Crippen LogP contribution in [0.3, 0.4) is 0 Å². The number of aromatic nitrogens is 3. The number of halogens is 3. The molecular weight excluding hydrogens is 386 g/mol. The summed E-state index contributed by atoms with van der Waals surface area (Å²) < 4.78 is 15.4. The summed E-state index contributed by atoms with van der Waals surface area (Å²) in [6, 6.07) is 12.1. The summed E-state index contributed by atoms with van der Waals surface area (Å²) in [5, 5.41) is 4.38. The Bertz CT molecular complexity index is 1150. The minimum absolute atomic E-state index is 0.219. The number of hydrogen-bond acceptors (Lipinski definition) is 4. The van der Waals surface area contributed by atoms with E-state index >= 15 is 4.39 Å². The van der Waals surface area contributed by atoms with Crippen molar-refractivity contribution in [1.29, 1.82) is 0 Å². The van der Waals surface area contributed by atoms with Gasteiger partial charge >= 0.3 is 0 Å². The summed E-state index contributed by atoms with van der Waals surface area (Å²) in [7, 11) is 1.74. The van der Waals surface area contributed by atoms with E-state index in [0.29, 0.717) is 43.8 Å². The van der Waals surface area contributed by atoms with Gasteiger partial charge in [0.25, 0.3) is 0 Å². The number of nitrogens with one attached hydrogen (secondary N) is 1. The Kier molecular flexibility index (Phi) is 4.64. The van der Waals surface area contributed by atoms with Gasteiger partial charge in [-0.1, -0.05) is 35.3 Å². The van der Waals surface area contributed by atoms with Crippen LogP contribution in [0.15, 0.2) is 54.9 Å². The van der Waals surface area contributed by atoms with Crippen LogP contribution in [0, 0.1) is 5.82 Å². The Morgan fingerprint density at radius 2 is 1.81 bits per heavy atom. The Morgan fingerprint density at radius 1 is 0.963 bits per heavy atom. The van der Waals surface area contributed by atoms with E-state index in [0.717, 1.165) is 0 Å². The fourth-order valence-electron chi connectivity index (χ4n) is 2.86. The molecule has 0 amide bonds. The maximum Gasteiger partial charge on any atom is 0.163 e. The van der Waals surface area contributed by atoms with Crippen molar-refractivity contribution in [3.63, 3.8) is 0 Å². The molecule has 4 nitrogen and oxygen atoms in total. The molecule has 0 aliphatic rings. The average molecular weight is 399 g/mol. The average Bonchev–Trinajstić information content (AvgIpc) is 2.70. The number of rotatable bonds is 3. The van der Waals surface area contributed by atoms with E-state index in [1.165, 1.54) is 0 Å². The molecule has 0 saturated carbocycles. The van der Waals surface area contributed by atoms with Gasteiger partial charge < -0.3 is 5.32 Å². The second-order valence-electron chi connectivity index (χ2n) is 5.84. The summed E-state index contributed by atoms with van der Waals surface area (Å²) in [5.41, 5.74) is 1.93. The van der Waals surface area contributed by atoms with Crippen LogP contribution in [0.5, 0.6) is 0 Å². The highest BCUT2D eigenvalue weighted by atomic mass is 35.5. The number of hydrogen-bond donors (Lipinski definition) is 1. The quantitative estimate of drug-likeness (QED) is 0.470. The molecule has 0 saturated heterocycles. The number of pyridine rings is 1. The molecule has 2 heterocycles. The van der Waals surface area contributed by atoms with E-state index in [2.05, 4.69) is 20.3 Å². The molecule has 134 valence electrons. The van der Waals surface area contributed by atoms with E-state index in [-0.39, 0.29) is 5.52 Å². The molecule has 0 aliphatic carbocycles. The predicted molar refractivity (Wildman–Crippen MR) is 108 cm³/mol. The van der Waals surface area contributed by atoms with Crippen molar-refractivity contribution in [3.8, 4) is 22.5 Å². The maximum atomic E-state index is 15.4. The Labute approximate surface area is 165 Å². The standard InChI is InChI=1S/C20H13Cl2FN4/c1-24-20-14-6-5-13(11-4-7-15(21)16(22)9-11)17(23)18(14)26-19(27-20)12-3-2-8-25-10-12/h2-10H,1H3,(H,24,26,27). The highest BCUT2D eigenvalue weighted by Gasteiger charge is 2.16. The molecule has 0 fully saturated rings. The van der Waals surface area contributed by atoms with Crippen LogP contribution in [-0.2, 0) is 0 Å². The predicted octanol–water partition coefficient (Wildman–Crippen LogP) is 5.85. The summed E-state index contributed by atoms with van der Waals surface area (Å²) in [4.78, 5) is 13.0. The van der Waals surface area contributed by atoms with Crippen LogP contribution in [0.2, 0.25) is 10.0 Å². The molecule has 0 atom stereocenters.